The first kappa shape index (κ1) is 25.2. The van der Waals surface area contributed by atoms with Crippen LogP contribution in [0, 0.1) is 5.92 Å². The molecule has 1 aromatic rings. The predicted octanol–water partition coefficient (Wildman–Crippen LogP) is 1.49. The summed E-state index contributed by atoms with van der Waals surface area (Å²) in [6.07, 6.45) is 4.27. The van der Waals surface area contributed by atoms with Gasteiger partial charge in [0.05, 0.1) is 12.6 Å². The van der Waals surface area contributed by atoms with Crippen molar-refractivity contribution in [3.63, 3.8) is 0 Å². The molecule has 0 bridgehead atoms. The maximum Gasteiger partial charge on any atom is 0.255 e. The number of Topliss-reactive ketones (excluding diaryl/α,β-unsaturated/α-hetero) is 1. The molecule has 4 N–H and O–H groups in total. The third-order valence-electron chi connectivity index (χ3n) is 7.53. The molecule has 0 aromatic heterocycles. The fourth-order valence-electron chi connectivity index (χ4n) is 5.73. The standard InChI is InChI=1S/C26H36N4O5/c1-16(2)14-19(28-23(32)17-6-8-18(27)9-7-17)24(33)29-13-10-20-22(29)21(31)15-30(20)25(34)26(35)11-4-3-5-12-26/h6-9,16,19-20,22,35H,3-5,10-15,27H2,1-2H3,(H,28,32). The van der Waals surface area contributed by atoms with Crippen LogP contribution in [0.25, 0.3) is 0 Å². The van der Waals surface area contributed by atoms with Crippen LogP contribution in [0.15, 0.2) is 24.3 Å². The van der Waals surface area contributed by atoms with Gasteiger partial charge in [-0.05, 0) is 55.9 Å². The maximum absolute atomic E-state index is 13.6. The summed E-state index contributed by atoms with van der Waals surface area (Å²) in [5.41, 5.74) is 5.22. The zero-order chi connectivity index (χ0) is 25.3. The number of carbonyl (C=O) groups is 4. The summed E-state index contributed by atoms with van der Waals surface area (Å²) in [7, 11) is 0. The van der Waals surface area contributed by atoms with Gasteiger partial charge in [-0.1, -0.05) is 33.1 Å². The highest BCUT2D eigenvalue weighted by molar-refractivity contribution is 6.01. The lowest BCUT2D eigenvalue weighted by Gasteiger charge is -2.36. The molecule has 2 saturated heterocycles. The summed E-state index contributed by atoms with van der Waals surface area (Å²) in [5.74, 6) is -1.14. The Bertz CT molecular complexity index is 986. The summed E-state index contributed by atoms with van der Waals surface area (Å²) in [6, 6.07) is 4.50. The predicted molar refractivity (Wildman–Crippen MR) is 130 cm³/mol. The van der Waals surface area contributed by atoms with Crippen LogP contribution in [-0.4, -0.2) is 75.2 Å². The fourth-order valence-corrected chi connectivity index (χ4v) is 5.73. The van der Waals surface area contributed by atoms with Crippen LogP contribution >= 0.6 is 0 Å². The van der Waals surface area contributed by atoms with Crippen molar-refractivity contribution >= 4 is 29.2 Å². The lowest BCUT2D eigenvalue weighted by atomic mass is 9.83. The maximum atomic E-state index is 13.6. The summed E-state index contributed by atoms with van der Waals surface area (Å²) < 4.78 is 0. The highest BCUT2D eigenvalue weighted by Gasteiger charge is 2.55. The number of nitrogens with zero attached hydrogens (tertiary/aromatic N) is 2. The Morgan fingerprint density at radius 3 is 2.40 bits per heavy atom. The normalized spacial score (nSPS) is 24.4. The number of ketones is 1. The molecule has 4 rings (SSSR count). The van der Waals surface area contributed by atoms with E-state index in [1.54, 1.807) is 24.3 Å². The first-order valence-corrected chi connectivity index (χ1v) is 12.6. The summed E-state index contributed by atoms with van der Waals surface area (Å²) in [4.78, 5) is 55.8. The van der Waals surface area contributed by atoms with Crippen molar-refractivity contribution in [3.05, 3.63) is 29.8 Å². The molecule has 3 unspecified atom stereocenters. The lowest BCUT2D eigenvalue weighted by molar-refractivity contribution is -0.156. The van der Waals surface area contributed by atoms with Gasteiger partial charge >= 0.3 is 0 Å². The van der Waals surface area contributed by atoms with Gasteiger partial charge in [-0.15, -0.1) is 0 Å². The Labute approximate surface area is 206 Å². The molecule has 2 aliphatic heterocycles. The van der Waals surface area contributed by atoms with E-state index in [2.05, 4.69) is 5.32 Å². The number of hydrogen-bond donors (Lipinski definition) is 3. The number of hydrogen-bond acceptors (Lipinski definition) is 6. The number of carbonyl (C=O) groups excluding carboxylic acids is 4. The van der Waals surface area contributed by atoms with Gasteiger partial charge in [-0.25, -0.2) is 0 Å². The van der Waals surface area contributed by atoms with Crippen LogP contribution < -0.4 is 11.1 Å². The highest BCUT2D eigenvalue weighted by atomic mass is 16.3. The van der Waals surface area contributed by atoms with Gasteiger partial charge in [0, 0.05) is 17.8 Å². The molecule has 9 heteroatoms. The average molecular weight is 485 g/mol. The number of nitrogens with one attached hydrogen (secondary N) is 1. The van der Waals surface area contributed by atoms with Gasteiger partial charge < -0.3 is 26.0 Å². The summed E-state index contributed by atoms with van der Waals surface area (Å²) in [6.45, 7) is 4.17. The number of benzene rings is 1. The summed E-state index contributed by atoms with van der Waals surface area (Å²) in [5, 5.41) is 13.8. The zero-order valence-electron chi connectivity index (χ0n) is 20.5. The molecule has 1 aliphatic carbocycles. The Balaban J connectivity index is 1.49. The molecule has 0 spiro atoms. The van der Waals surface area contributed by atoms with Gasteiger partial charge in [0.25, 0.3) is 11.8 Å². The van der Waals surface area contributed by atoms with Crippen molar-refractivity contribution in [2.45, 2.75) is 82.5 Å². The van der Waals surface area contributed by atoms with Gasteiger partial charge in [0.15, 0.2) is 5.78 Å². The number of fused-ring (bicyclic) bond motifs is 1. The van der Waals surface area contributed by atoms with Gasteiger partial charge in [0.1, 0.15) is 17.7 Å². The van der Waals surface area contributed by atoms with Crippen LogP contribution in [0.5, 0.6) is 0 Å². The molecule has 2 heterocycles. The molecule has 0 radical (unpaired) electrons. The number of nitrogen functional groups attached to an aromatic ring is 1. The molecule has 35 heavy (non-hydrogen) atoms. The van der Waals surface area contributed by atoms with Crippen molar-refractivity contribution in [2.24, 2.45) is 5.92 Å². The second-order valence-electron chi connectivity index (χ2n) is 10.6. The highest BCUT2D eigenvalue weighted by Crippen LogP contribution is 2.36. The second kappa shape index (κ2) is 9.97. The number of nitrogens with two attached hydrogens (primary N) is 1. The number of likely N-dealkylation sites (tertiary alicyclic amines) is 2. The molecular formula is C26H36N4O5. The number of anilines is 1. The van der Waals surface area contributed by atoms with E-state index in [0.29, 0.717) is 43.5 Å². The van der Waals surface area contributed by atoms with E-state index in [1.165, 1.54) is 9.80 Å². The minimum atomic E-state index is -1.42. The fraction of sp³-hybridized carbons (Fsp3) is 0.615. The van der Waals surface area contributed by atoms with Gasteiger partial charge in [-0.3, -0.25) is 19.2 Å². The Hall–Kier alpha value is -2.94. The Morgan fingerprint density at radius 2 is 1.77 bits per heavy atom. The van der Waals surface area contributed by atoms with E-state index in [0.717, 1.165) is 19.3 Å². The number of aliphatic hydroxyl groups is 1. The first-order chi connectivity index (χ1) is 16.6. The van der Waals surface area contributed by atoms with E-state index < -0.39 is 23.7 Å². The quantitative estimate of drug-likeness (QED) is 0.524. The average Bonchev–Trinajstić information content (AvgIpc) is 3.39. The minimum Gasteiger partial charge on any atom is -0.399 e. The van der Waals surface area contributed by atoms with Crippen molar-refractivity contribution in [1.29, 1.82) is 0 Å². The van der Waals surface area contributed by atoms with E-state index >= 15 is 0 Å². The van der Waals surface area contributed by atoms with Crippen molar-refractivity contribution in [1.82, 2.24) is 15.1 Å². The molecule has 3 amide bonds. The van der Waals surface area contributed by atoms with E-state index in [9.17, 15) is 24.3 Å². The molecule has 1 saturated carbocycles. The van der Waals surface area contributed by atoms with Crippen LogP contribution in [0.4, 0.5) is 5.69 Å². The summed E-state index contributed by atoms with van der Waals surface area (Å²) >= 11 is 0. The second-order valence-corrected chi connectivity index (χ2v) is 10.6. The molecular weight excluding hydrogens is 448 g/mol. The smallest absolute Gasteiger partial charge is 0.255 e. The van der Waals surface area contributed by atoms with Crippen LogP contribution in [0.1, 0.15) is 69.2 Å². The Morgan fingerprint density at radius 1 is 1.11 bits per heavy atom. The van der Waals surface area contributed by atoms with Crippen molar-refractivity contribution < 1.29 is 24.3 Å². The zero-order valence-corrected chi connectivity index (χ0v) is 20.5. The minimum absolute atomic E-state index is 0.0904. The molecule has 1 aromatic carbocycles. The van der Waals surface area contributed by atoms with E-state index in [1.807, 2.05) is 13.8 Å². The van der Waals surface area contributed by atoms with Gasteiger partial charge in [-0.2, -0.15) is 0 Å². The number of rotatable bonds is 6. The van der Waals surface area contributed by atoms with Crippen LogP contribution in [-0.2, 0) is 14.4 Å². The van der Waals surface area contributed by atoms with Crippen molar-refractivity contribution in [3.8, 4) is 0 Å². The molecule has 9 nitrogen and oxygen atoms in total. The topological polar surface area (TPSA) is 133 Å². The molecule has 3 atom stereocenters. The van der Waals surface area contributed by atoms with Gasteiger partial charge in [0.2, 0.25) is 5.91 Å². The lowest BCUT2D eigenvalue weighted by Crippen LogP contribution is -2.54. The third kappa shape index (κ3) is 5.05. The third-order valence-corrected chi connectivity index (χ3v) is 7.53. The largest absolute Gasteiger partial charge is 0.399 e. The van der Waals surface area contributed by atoms with E-state index in [-0.39, 0.29) is 36.0 Å². The molecule has 3 aliphatic rings. The Kier molecular flexibility index (Phi) is 7.17. The molecule has 190 valence electrons. The van der Waals surface area contributed by atoms with E-state index in [4.69, 9.17) is 5.73 Å². The monoisotopic (exact) mass is 484 g/mol. The van der Waals surface area contributed by atoms with Crippen molar-refractivity contribution in [2.75, 3.05) is 18.8 Å². The van der Waals surface area contributed by atoms with Crippen LogP contribution in [0.2, 0.25) is 0 Å². The van der Waals surface area contributed by atoms with Crippen LogP contribution in [0.3, 0.4) is 0 Å². The number of amides is 3. The first-order valence-electron chi connectivity index (χ1n) is 12.6. The SMILES string of the molecule is CC(C)CC(NC(=O)c1ccc(N)cc1)C(=O)N1CCC2C1C(=O)CN2C(=O)C1(O)CCCCC1. The molecule has 3 fully saturated rings.